The van der Waals surface area contributed by atoms with Gasteiger partial charge < -0.3 is 4.74 Å². The van der Waals surface area contributed by atoms with E-state index in [2.05, 4.69) is 10.2 Å². The number of H-pyrrole nitrogens is 1. The third kappa shape index (κ3) is 2.22. The molecule has 0 aliphatic carbocycles. The van der Waals surface area contributed by atoms with Crippen LogP contribution in [0.1, 0.15) is 0 Å². The molecule has 6 nitrogen and oxygen atoms in total. The molecule has 0 amide bonds. The summed E-state index contributed by atoms with van der Waals surface area (Å²) < 4.78 is 30.8. The lowest BCUT2D eigenvalue weighted by Gasteiger charge is -2.30. The lowest BCUT2D eigenvalue weighted by molar-refractivity contribution is 0.0121. The number of rotatable bonds is 3. The van der Waals surface area contributed by atoms with Gasteiger partial charge in [0.25, 0.3) is 10.0 Å². The van der Waals surface area contributed by atoms with E-state index >= 15 is 0 Å². The number of aromatic amines is 1. The fourth-order valence-electron chi connectivity index (χ4n) is 1.53. The average Bonchev–Trinajstić information content (AvgIpc) is 2.83. The van der Waals surface area contributed by atoms with Crippen molar-refractivity contribution in [3.63, 3.8) is 0 Å². The molecule has 1 saturated heterocycles. The molecule has 0 aromatic carbocycles. The molecule has 1 N–H and O–H groups in total. The van der Waals surface area contributed by atoms with Crippen LogP contribution < -0.4 is 0 Å². The van der Waals surface area contributed by atoms with Crippen molar-refractivity contribution in [3.8, 4) is 0 Å². The smallest absolute Gasteiger partial charge is 0.260 e. The molecule has 0 spiro atoms. The number of sulfonamides is 1. The molecule has 0 bridgehead atoms. The van der Waals surface area contributed by atoms with Crippen molar-refractivity contribution >= 4 is 21.6 Å². The number of nitrogens with zero attached hydrogens (tertiary/aromatic N) is 2. The molecule has 2 heterocycles. The molecule has 1 aliphatic heterocycles. The minimum Gasteiger partial charge on any atom is -0.374 e. The number of hydrogen-bond acceptors (Lipinski definition) is 4. The number of morpholine rings is 1. The molecule has 8 heteroatoms. The first-order valence-corrected chi connectivity index (χ1v) is 6.79. The summed E-state index contributed by atoms with van der Waals surface area (Å²) in [5.74, 6) is 0.287. The molecule has 1 aromatic heterocycles. The summed E-state index contributed by atoms with van der Waals surface area (Å²) in [4.78, 5) is 0. The number of ether oxygens (including phenoxy) is 1. The Morgan fingerprint density at radius 3 is 3.12 bits per heavy atom. The number of nitrogens with one attached hydrogen (secondary N) is 1. The predicted octanol–water partition coefficient (Wildman–Crippen LogP) is 0.0380. The Morgan fingerprint density at radius 2 is 2.50 bits per heavy atom. The average molecular weight is 266 g/mol. The Hall–Kier alpha value is -0.630. The van der Waals surface area contributed by atoms with Crippen molar-refractivity contribution < 1.29 is 13.2 Å². The normalized spacial score (nSPS) is 23.4. The second-order valence-corrected chi connectivity index (χ2v) is 5.65. The van der Waals surface area contributed by atoms with Gasteiger partial charge in [0.2, 0.25) is 0 Å². The standard InChI is InChI=1S/C8H12ClN3O3S/c9-5-7-6-12(3-4-15-7)16(13,14)8-1-2-10-11-8/h1-2,7H,3-6H2,(H,10,11). The zero-order valence-electron chi connectivity index (χ0n) is 8.47. The Bertz CT molecular complexity index is 433. The molecule has 2 rings (SSSR count). The Balaban J connectivity index is 2.18. The van der Waals surface area contributed by atoms with Crippen LogP contribution in [0.25, 0.3) is 0 Å². The highest BCUT2D eigenvalue weighted by Crippen LogP contribution is 2.16. The van der Waals surface area contributed by atoms with Gasteiger partial charge in [-0.2, -0.15) is 9.40 Å². The molecular formula is C8H12ClN3O3S. The maximum absolute atomic E-state index is 12.1. The summed E-state index contributed by atoms with van der Waals surface area (Å²) in [7, 11) is -3.49. The van der Waals surface area contributed by atoms with Crippen LogP contribution in [0.4, 0.5) is 0 Å². The van der Waals surface area contributed by atoms with Crippen LogP contribution >= 0.6 is 11.6 Å². The molecule has 0 radical (unpaired) electrons. The van der Waals surface area contributed by atoms with E-state index in [1.165, 1.54) is 16.6 Å². The molecule has 1 aliphatic rings. The SMILES string of the molecule is O=S(=O)(c1ccn[nH]1)N1CCOC(CCl)C1. The molecule has 1 unspecified atom stereocenters. The molecular weight excluding hydrogens is 254 g/mol. The Labute approximate surface area is 98.6 Å². The van der Waals surface area contributed by atoms with E-state index in [-0.39, 0.29) is 23.6 Å². The van der Waals surface area contributed by atoms with E-state index in [4.69, 9.17) is 16.3 Å². The molecule has 1 fully saturated rings. The van der Waals surface area contributed by atoms with Crippen LogP contribution in [0.2, 0.25) is 0 Å². The van der Waals surface area contributed by atoms with Crippen LogP contribution in [-0.2, 0) is 14.8 Å². The Kier molecular flexibility index (Phi) is 3.48. The lowest BCUT2D eigenvalue weighted by Crippen LogP contribution is -2.46. The van der Waals surface area contributed by atoms with Gasteiger partial charge in [0.05, 0.1) is 18.9 Å². The fraction of sp³-hybridized carbons (Fsp3) is 0.625. The van der Waals surface area contributed by atoms with Crippen LogP contribution in [0.3, 0.4) is 0 Å². The van der Waals surface area contributed by atoms with E-state index in [0.717, 1.165) is 0 Å². The minimum atomic E-state index is -3.49. The van der Waals surface area contributed by atoms with Gasteiger partial charge in [0.15, 0.2) is 5.03 Å². The number of aromatic nitrogens is 2. The minimum absolute atomic E-state index is 0.0997. The monoisotopic (exact) mass is 265 g/mol. The van der Waals surface area contributed by atoms with E-state index < -0.39 is 10.0 Å². The van der Waals surface area contributed by atoms with E-state index in [1.807, 2.05) is 0 Å². The molecule has 90 valence electrons. The van der Waals surface area contributed by atoms with Gasteiger partial charge in [-0.15, -0.1) is 11.6 Å². The second kappa shape index (κ2) is 4.70. The molecule has 1 atom stereocenters. The summed E-state index contributed by atoms with van der Waals surface area (Å²) in [6.07, 6.45) is 1.17. The van der Waals surface area contributed by atoms with Gasteiger partial charge in [0, 0.05) is 19.0 Å². The maximum atomic E-state index is 12.1. The first-order valence-electron chi connectivity index (χ1n) is 4.81. The van der Waals surface area contributed by atoms with E-state index in [0.29, 0.717) is 13.2 Å². The maximum Gasteiger partial charge on any atom is 0.260 e. The van der Waals surface area contributed by atoms with Gasteiger partial charge in [0.1, 0.15) is 0 Å². The van der Waals surface area contributed by atoms with Crippen molar-refractivity contribution in [3.05, 3.63) is 12.3 Å². The highest BCUT2D eigenvalue weighted by molar-refractivity contribution is 7.89. The predicted molar refractivity (Wildman–Crippen MR) is 57.8 cm³/mol. The molecule has 1 aromatic rings. The van der Waals surface area contributed by atoms with E-state index in [9.17, 15) is 8.42 Å². The van der Waals surface area contributed by atoms with Gasteiger partial charge >= 0.3 is 0 Å². The largest absolute Gasteiger partial charge is 0.374 e. The summed E-state index contributed by atoms with van der Waals surface area (Å²) in [6, 6.07) is 1.43. The van der Waals surface area contributed by atoms with Crippen molar-refractivity contribution in [2.45, 2.75) is 11.1 Å². The van der Waals surface area contributed by atoms with Crippen LogP contribution in [0, 0.1) is 0 Å². The van der Waals surface area contributed by atoms with Gasteiger partial charge in [-0.05, 0) is 6.07 Å². The van der Waals surface area contributed by atoms with Crippen LogP contribution in [0.5, 0.6) is 0 Å². The van der Waals surface area contributed by atoms with Crippen molar-refractivity contribution in [2.24, 2.45) is 0 Å². The van der Waals surface area contributed by atoms with Crippen molar-refractivity contribution in [2.75, 3.05) is 25.6 Å². The summed E-state index contributed by atoms with van der Waals surface area (Å²) in [6.45, 7) is 0.990. The number of halogens is 1. The van der Waals surface area contributed by atoms with Crippen LogP contribution in [0.15, 0.2) is 17.3 Å². The third-order valence-electron chi connectivity index (χ3n) is 2.37. The summed E-state index contributed by atoms with van der Waals surface area (Å²) in [5.41, 5.74) is 0. The number of alkyl halides is 1. The fourth-order valence-corrected chi connectivity index (χ4v) is 3.07. The zero-order chi connectivity index (χ0) is 11.6. The van der Waals surface area contributed by atoms with Crippen molar-refractivity contribution in [1.82, 2.24) is 14.5 Å². The molecule has 16 heavy (non-hydrogen) atoms. The van der Waals surface area contributed by atoms with Crippen molar-refractivity contribution in [1.29, 1.82) is 0 Å². The first-order chi connectivity index (χ1) is 7.64. The van der Waals surface area contributed by atoms with Crippen LogP contribution in [-0.4, -0.2) is 54.6 Å². The Morgan fingerprint density at radius 1 is 1.69 bits per heavy atom. The first kappa shape index (κ1) is 11.8. The highest BCUT2D eigenvalue weighted by Gasteiger charge is 2.31. The van der Waals surface area contributed by atoms with E-state index in [1.54, 1.807) is 0 Å². The second-order valence-electron chi connectivity index (χ2n) is 3.43. The summed E-state index contributed by atoms with van der Waals surface area (Å²) in [5, 5.41) is 6.19. The van der Waals surface area contributed by atoms with Gasteiger partial charge in [-0.25, -0.2) is 8.42 Å². The van der Waals surface area contributed by atoms with Gasteiger partial charge in [-0.1, -0.05) is 0 Å². The summed E-state index contributed by atoms with van der Waals surface area (Å²) >= 11 is 5.65. The van der Waals surface area contributed by atoms with Gasteiger partial charge in [-0.3, -0.25) is 5.10 Å². The zero-order valence-corrected chi connectivity index (χ0v) is 10.0. The topological polar surface area (TPSA) is 75.3 Å². The highest BCUT2D eigenvalue weighted by atomic mass is 35.5. The number of hydrogen-bond donors (Lipinski definition) is 1. The third-order valence-corrected chi connectivity index (χ3v) is 4.51. The quantitative estimate of drug-likeness (QED) is 0.783. The molecule has 0 saturated carbocycles. The lowest BCUT2D eigenvalue weighted by atomic mass is 10.3.